The monoisotopic (exact) mass is 644 g/mol. The van der Waals surface area contributed by atoms with E-state index in [2.05, 4.69) is 10.6 Å². The zero-order valence-electron chi connectivity index (χ0n) is 26.8. The minimum atomic E-state index is -1.23. The third kappa shape index (κ3) is 9.91. The number of aromatic carboxylic acids is 1. The van der Waals surface area contributed by atoms with Gasteiger partial charge in [-0.05, 0) is 53.6 Å². The average Bonchev–Trinajstić information content (AvgIpc) is 3.07. The lowest BCUT2D eigenvalue weighted by Gasteiger charge is -2.12. The minimum absolute atomic E-state index is 0.129. The SMILES string of the molecule is COc1cc(/C=C/C=C/C(=O)Nc2cc(NC(=O)/C=C/C=C/c3cc(OC)c(OC)c(OC)c3)cc(C(=O)O)c2)cc(OC)c1OC. The predicted molar refractivity (Wildman–Crippen MR) is 179 cm³/mol. The molecule has 0 aliphatic carbocycles. The van der Waals surface area contributed by atoms with Crippen molar-refractivity contribution in [2.24, 2.45) is 0 Å². The molecule has 3 rings (SSSR count). The summed E-state index contributed by atoms with van der Waals surface area (Å²) in [6.07, 6.45) is 12.3. The van der Waals surface area contributed by atoms with Crippen LogP contribution in [0, 0.1) is 0 Å². The summed E-state index contributed by atoms with van der Waals surface area (Å²) in [6.45, 7) is 0. The number of carbonyl (C=O) groups is 3. The number of hydrogen-bond acceptors (Lipinski definition) is 9. The minimum Gasteiger partial charge on any atom is -0.493 e. The Kier molecular flexibility index (Phi) is 13.0. The van der Waals surface area contributed by atoms with E-state index in [0.717, 1.165) is 11.1 Å². The van der Waals surface area contributed by atoms with Gasteiger partial charge < -0.3 is 44.2 Å². The number of allylic oxidation sites excluding steroid dienone is 4. The van der Waals surface area contributed by atoms with Crippen molar-refractivity contribution in [2.75, 3.05) is 53.3 Å². The molecule has 0 atom stereocenters. The van der Waals surface area contributed by atoms with Crippen LogP contribution in [0.3, 0.4) is 0 Å². The molecule has 246 valence electrons. The zero-order chi connectivity index (χ0) is 34.3. The van der Waals surface area contributed by atoms with Crippen LogP contribution in [0.1, 0.15) is 21.5 Å². The molecule has 0 heterocycles. The van der Waals surface area contributed by atoms with Crippen molar-refractivity contribution < 1.29 is 47.9 Å². The van der Waals surface area contributed by atoms with Crippen molar-refractivity contribution in [2.45, 2.75) is 0 Å². The average molecular weight is 645 g/mol. The number of rotatable bonds is 15. The van der Waals surface area contributed by atoms with E-state index >= 15 is 0 Å². The van der Waals surface area contributed by atoms with Crippen LogP contribution in [-0.4, -0.2) is 65.5 Å². The van der Waals surface area contributed by atoms with Gasteiger partial charge in [0.25, 0.3) is 0 Å². The van der Waals surface area contributed by atoms with Crippen molar-refractivity contribution in [3.63, 3.8) is 0 Å². The molecule has 3 aromatic carbocycles. The fourth-order valence-corrected chi connectivity index (χ4v) is 4.28. The van der Waals surface area contributed by atoms with Gasteiger partial charge in [0.1, 0.15) is 0 Å². The van der Waals surface area contributed by atoms with Gasteiger partial charge in [-0.3, -0.25) is 9.59 Å². The Morgan fingerprint density at radius 3 is 1.19 bits per heavy atom. The van der Waals surface area contributed by atoms with Gasteiger partial charge in [0.15, 0.2) is 23.0 Å². The maximum absolute atomic E-state index is 12.6. The van der Waals surface area contributed by atoms with Crippen molar-refractivity contribution in [1.82, 2.24) is 0 Å². The molecular weight excluding hydrogens is 608 g/mol. The fraction of sp³-hybridized carbons (Fsp3) is 0.171. The molecule has 0 saturated carbocycles. The summed E-state index contributed by atoms with van der Waals surface area (Å²) in [6, 6.07) is 11.0. The molecule has 0 bridgehead atoms. The Morgan fingerprint density at radius 1 is 0.532 bits per heavy atom. The summed E-state index contributed by atoms with van der Waals surface area (Å²) in [7, 11) is 9.08. The molecule has 0 fully saturated rings. The third-order valence-electron chi connectivity index (χ3n) is 6.38. The van der Waals surface area contributed by atoms with Crippen LogP contribution in [-0.2, 0) is 9.59 Å². The largest absolute Gasteiger partial charge is 0.493 e. The van der Waals surface area contributed by atoms with E-state index in [1.165, 1.54) is 85.2 Å². The van der Waals surface area contributed by atoms with Crippen LogP contribution in [0.25, 0.3) is 12.2 Å². The van der Waals surface area contributed by atoms with Crippen LogP contribution >= 0.6 is 0 Å². The standard InChI is InChI=1S/C35H36N2O10/c1-42-27-15-22(16-28(43-2)33(27)46-5)11-7-9-13-31(38)36-25-19-24(35(40)41)20-26(21-25)37-32(39)14-10-8-12-23-17-29(44-3)34(47-6)30(18-23)45-4/h7-21H,1-6H3,(H,36,38)(H,37,39)(H,40,41)/b11-7+,12-8+,13-9+,14-10+. The van der Waals surface area contributed by atoms with Gasteiger partial charge in [-0.15, -0.1) is 0 Å². The lowest BCUT2D eigenvalue weighted by molar-refractivity contribution is -0.112. The van der Waals surface area contributed by atoms with E-state index in [-0.39, 0.29) is 16.9 Å². The van der Waals surface area contributed by atoms with Gasteiger partial charge in [-0.25, -0.2) is 4.79 Å². The number of hydrogen-bond donors (Lipinski definition) is 3. The molecule has 3 N–H and O–H groups in total. The first kappa shape index (κ1) is 35.3. The van der Waals surface area contributed by atoms with Crippen molar-refractivity contribution in [3.8, 4) is 34.5 Å². The van der Waals surface area contributed by atoms with Crippen LogP contribution < -0.4 is 39.1 Å². The summed E-state index contributed by atoms with van der Waals surface area (Å²) >= 11 is 0. The molecule has 0 spiro atoms. The lowest BCUT2D eigenvalue weighted by atomic mass is 10.1. The van der Waals surface area contributed by atoms with E-state index < -0.39 is 17.8 Å². The predicted octanol–water partition coefficient (Wildman–Crippen LogP) is 5.85. The summed E-state index contributed by atoms with van der Waals surface area (Å²) in [4.78, 5) is 36.8. The Balaban J connectivity index is 1.67. The molecule has 0 aliphatic rings. The molecule has 12 heteroatoms. The highest BCUT2D eigenvalue weighted by Crippen LogP contribution is 2.39. The number of ether oxygens (including phenoxy) is 6. The summed E-state index contributed by atoms with van der Waals surface area (Å²) in [5.41, 5.74) is 1.70. The maximum atomic E-state index is 12.6. The number of carbonyl (C=O) groups excluding carboxylic acids is 2. The van der Waals surface area contributed by atoms with Crippen molar-refractivity contribution >= 4 is 41.3 Å². The van der Waals surface area contributed by atoms with Gasteiger partial charge in [-0.1, -0.05) is 36.5 Å². The lowest BCUT2D eigenvalue weighted by Crippen LogP contribution is -2.12. The van der Waals surface area contributed by atoms with E-state index in [4.69, 9.17) is 28.4 Å². The molecule has 0 aliphatic heterocycles. The molecule has 3 aromatic rings. The number of carboxylic acids is 1. The van der Waals surface area contributed by atoms with E-state index in [9.17, 15) is 19.5 Å². The van der Waals surface area contributed by atoms with E-state index in [1.807, 2.05) is 0 Å². The molecule has 0 saturated heterocycles. The molecular formula is C35H36N2O10. The molecule has 0 aromatic heterocycles. The third-order valence-corrected chi connectivity index (χ3v) is 6.38. The Hall–Kier alpha value is -6.17. The number of amides is 2. The van der Waals surface area contributed by atoms with Crippen molar-refractivity contribution in [3.05, 3.63) is 95.6 Å². The Bertz CT molecular complexity index is 1560. The fourth-order valence-electron chi connectivity index (χ4n) is 4.28. The molecule has 47 heavy (non-hydrogen) atoms. The first-order valence-electron chi connectivity index (χ1n) is 14.0. The van der Waals surface area contributed by atoms with Gasteiger partial charge in [0, 0.05) is 23.5 Å². The van der Waals surface area contributed by atoms with Crippen LogP contribution in [0.4, 0.5) is 11.4 Å². The molecule has 0 radical (unpaired) electrons. The topological polar surface area (TPSA) is 151 Å². The van der Waals surface area contributed by atoms with E-state index in [1.54, 1.807) is 48.6 Å². The molecule has 0 unspecified atom stereocenters. The van der Waals surface area contributed by atoms with Gasteiger partial charge in [0.2, 0.25) is 23.3 Å². The van der Waals surface area contributed by atoms with Crippen LogP contribution in [0.5, 0.6) is 34.5 Å². The first-order chi connectivity index (χ1) is 22.6. The summed E-state index contributed by atoms with van der Waals surface area (Å²) in [5, 5.41) is 14.8. The Labute approximate surface area is 272 Å². The maximum Gasteiger partial charge on any atom is 0.335 e. The van der Waals surface area contributed by atoms with Gasteiger partial charge in [0.05, 0.1) is 48.2 Å². The number of anilines is 2. The van der Waals surface area contributed by atoms with Crippen molar-refractivity contribution in [1.29, 1.82) is 0 Å². The highest BCUT2D eigenvalue weighted by molar-refractivity contribution is 6.03. The summed E-state index contributed by atoms with van der Waals surface area (Å²) < 4.78 is 32.0. The smallest absolute Gasteiger partial charge is 0.335 e. The summed E-state index contributed by atoms with van der Waals surface area (Å²) in [5.74, 6) is 0.586. The second-order valence-electron chi connectivity index (χ2n) is 9.44. The molecule has 2 amide bonds. The van der Waals surface area contributed by atoms with E-state index in [0.29, 0.717) is 34.5 Å². The number of methoxy groups -OCH3 is 6. The number of benzene rings is 3. The van der Waals surface area contributed by atoms with Crippen LogP contribution in [0.15, 0.2) is 78.9 Å². The zero-order valence-corrected chi connectivity index (χ0v) is 26.8. The Morgan fingerprint density at radius 2 is 0.894 bits per heavy atom. The second-order valence-corrected chi connectivity index (χ2v) is 9.44. The molecule has 12 nitrogen and oxygen atoms in total. The number of carboxylic acid groups (broad SMARTS) is 1. The highest BCUT2D eigenvalue weighted by atomic mass is 16.5. The highest BCUT2D eigenvalue weighted by Gasteiger charge is 2.13. The normalized spacial score (nSPS) is 11.2. The van der Waals surface area contributed by atoms with Crippen LogP contribution in [0.2, 0.25) is 0 Å². The number of nitrogens with one attached hydrogen (secondary N) is 2. The first-order valence-corrected chi connectivity index (χ1v) is 14.0. The second kappa shape index (κ2) is 17.4. The van der Waals surface area contributed by atoms with Gasteiger partial charge in [-0.2, -0.15) is 0 Å². The quantitative estimate of drug-likeness (QED) is 0.136. The van der Waals surface area contributed by atoms with Gasteiger partial charge >= 0.3 is 5.97 Å².